The molecule has 1 unspecified atom stereocenters. The van der Waals surface area contributed by atoms with Crippen LogP contribution in [0.15, 0.2) is 48.8 Å². The molecule has 0 aliphatic carbocycles. The summed E-state index contributed by atoms with van der Waals surface area (Å²) < 4.78 is 30.9. The molecule has 0 radical (unpaired) electrons. The van der Waals surface area contributed by atoms with E-state index in [1.165, 1.54) is 12.4 Å². The molecule has 41 heavy (non-hydrogen) atoms. The van der Waals surface area contributed by atoms with E-state index in [4.69, 9.17) is 14.2 Å². The Kier molecular flexibility index (Phi) is 8.35. The van der Waals surface area contributed by atoms with E-state index in [0.29, 0.717) is 49.0 Å². The molecule has 212 valence electrons. The van der Waals surface area contributed by atoms with Gasteiger partial charge in [0.05, 0.1) is 37.5 Å². The van der Waals surface area contributed by atoms with Crippen LogP contribution in [-0.4, -0.2) is 78.9 Å². The molecule has 0 saturated carbocycles. The molecule has 8 nitrogen and oxygen atoms in total. The average Bonchev–Trinajstić information content (AvgIpc) is 3.64. The summed E-state index contributed by atoms with van der Waals surface area (Å²) in [4.78, 5) is 24.3. The third-order valence-corrected chi connectivity index (χ3v) is 7.69. The molecule has 3 fully saturated rings. The Morgan fingerprint density at radius 3 is 2.73 bits per heavy atom. The van der Waals surface area contributed by atoms with E-state index < -0.39 is 0 Å². The van der Waals surface area contributed by atoms with E-state index in [1.54, 1.807) is 25.1 Å². The maximum absolute atomic E-state index is 13.8. The second kappa shape index (κ2) is 12.5. The highest BCUT2D eigenvalue weighted by molar-refractivity contribution is 5.96. The lowest BCUT2D eigenvalue weighted by atomic mass is 9.98. The van der Waals surface area contributed by atoms with Crippen molar-refractivity contribution in [2.75, 3.05) is 51.4 Å². The van der Waals surface area contributed by atoms with Gasteiger partial charge in [-0.2, -0.15) is 0 Å². The van der Waals surface area contributed by atoms with Crippen molar-refractivity contribution in [3.63, 3.8) is 0 Å². The molecular weight excluding hydrogens is 523 g/mol. The zero-order chi connectivity index (χ0) is 28.2. The summed E-state index contributed by atoms with van der Waals surface area (Å²) >= 11 is 0. The molecule has 1 aromatic heterocycles. The number of fused-ring (bicyclic) bond motifs is 2. The van der Waals surface area contributed by atoms with E-state index in [0.717, 1.165) is 42.6 Å². The van der Waals surface area contributed by atoms with Crippen LogP contribution < -0.4 is 5.32 Å². The van der Waals surface area contributed by atoms with Gasteiger partial charge in [-0.25, -0.2) is 14.4 Å². The third-order valence-electron chi connectivity index (χ3n) is 7.69. The van der Waals surface area contributed by atoms with Gasteiger partial charge in [-0.15, -0.1) is 0 Å². The molecule has 3 aliphatic rings. The topological polar surface area (TPSA) is 85.8 Å². The monoisotopic (exact) mass is 556 g/mol. The SMILES string of the molecule is Cc1cc(Nc2ncnc3cc(C#CC4CCOC4)c(CC(=O)/C=C/CN4C[C@@H]5OCCO[C@@H]5C4)cc23)ccc1F. The van der Waals surface area contributed by atoms with Crippen molar-refractivity contribution in [3.8, 4) is 11.8 Å². The number of ketones is 1. The first-order chi connectivity index (χ1) is 20.0. The largest absolute Gasteiger partial charge is 0.380 e. The molecule has 2 aromatic carbocycles. The molecule has 0 amide bonds. The Balaban J connectivity index is 1.23. The van der Waals surface area contributed by atoms with Crippen LogP contribution in [0.5, 0.6) is 0 Å². The molecule has 0 bridgehead atoms. The minimum Gasteiger partial charge on any atom is -0.380 e. The Morgan fingerprint density at radius 1 is 1.15 bits per heavy atom. The first-order valence-corrected chi connectivity index (χ1v) is 14.1. The summed E-state index contributed by atoms with van der Waals surface area (Å²) in [6.45, 7) is 6.61. The zero-order valence-corrected chi connectivity index (χ0v) is 23.1. The van der Waals surface area contributed by atoms with Gasteiger partial charge in [0.25, 0.3) is 0 Å². The van der Waals surface area contributed by atoms with Crippen molar-refractivity contribution in [3.05, 3.63) is 71.3 Å². The molecule has 1 N–H and O–H groups in total. The second-order valence-corrected chi connectivity index (χ2v) is 10.8. The number of halogens is 1. The fraction of sp³-hybridized carbons (Fsp3) is 0.406. The lowest BCUT2D eigenvalue weighted by Crippen LogP contribution is -2.36. The number of allylic oxidation sites excluding steroid dienone is 1. The Labute approximate surface area is 238 Å². The second-order valence-electron chi connectivity index (χ2n) is 10.8. The van der Waals surface area contributed by atoms with Crippen LogP contribution in [-0.2, 0) is 25.4 Å². The minimum atomic E-state index is -0.266. The number of aromatic nitrogens is 2. The number of nitrogens with zero attached hydrogens (tertiary/aromatic N) is 3. The summed E-state index contributed by atoms with van der Waals surface area (Å²) in [6, 6.07) is 8.68. The van der Waals surface area contributed by atoms with Gasteiger partial charge >= 0.3 is 0 Å². The first kappa shape index (κ1) is 27.5. The lowest BCUT2D eigenvalue weighted by Gasteiger charge is -2.24. The van der Waals surface area contributed by atoms with Gasteiger partial charge in [-0.3, -0.25) is 9.69 Å². The van der Waals surface area contributed by atoms with Gasteiger partial charge in [0.2, 0.25) is 0 Å². The van der Waals surface area contributed by atoms with Crippen LogP contribution in [0.2, 0.25) is 0 Å². The van der Waals surface area contributed by atoms with Crippen molar-refractivity contribution in [2.24, 2.45) is 5.92 Å². The van der Waals surface area contributed by atoms with Crippen LogP contribution in [0.3, 0.4) is 0 Å². The molecular formula is C32H33FN4O4. The maximum Gasteiger partial charge on any atom is 0.159 e. The Morgan fingerprint density at radius 2 is 1.98 bits per heavy atom. The smallest absolute Gasteiger partial charge is 0.159 e. The van der Waals surface area contributed by atoms with E-state index in [9.17, 15) is 9.18 Å². The predicted octanol–water partition coefficient (Wildman–Crippen LogP) is 3.98. The number of carbonyl (C=O) groups is 1. The lowest BCUT2D eigenvalue weighted by molar-refractivity contribution is -0.116. The zero-order valence-electron chi connectivity index (χ0n) is 23.1. The van der Waals surface area contributed by atoms with E-state index >= 15 is 0 Å². The van der Waals surface area contributed by atoms with Crippen LogP contribution >= 0.6 is 0 Å². The number of carbonyl (C=O) groups excluding carboxylic acids is 1. The number of likely N-dealkylation sites (tertiary alicyclic amines) is 1. The molecule has 6 rings (SSSR count). The number of nitrogens with one attached hydrogen (secondary N) is 1. The fourth-order valence-corrected chi connectivity index (χ4v) is 5.46. The van der Waals surface area contributed by atoms with Gasteiger partial charge in [-0.1, -0.05) is 17.9 Å². The fourth-order valence-electron chi connectivity index (χ4n) is 5.46. The maximum atomic E-state index is 13.8. The van der Waals surface area contributed by atoms with E-state index in [-0.39, 0.29) is 36.1 Å². The molecule has 0 spiro atoms. The number of anilines is 2. The number of aryl methyl sites for hydroxylation is 1. The quantitative estimate of drug-likeness (QED) is 0.346. The van der Waals surface area contributed by atoms with Crippen molar-refractivity contribution in [1.29, 1.82) is 0 Å². The van der Waals surface area contributed by atoms with Gasteiger partial charge in [0.15, 0.2) is 5.78 Å². The summed E-state index contributed by atoms with van der Waals surface area (Å²) in [5, 5.41) is 4.04. The van der Waals surface area contributed by atoms with Gasteiger partial charge in [0.1, 0.15) is 18.0 Å². The van der Waals surface area contributed by atoms with E-state index in [1.807, 2.05) is 18.2 Å². The highest BCUT2D eigenvalue weighted by Gasteiger charge is 2.35. The highest BCUT2D eigenvalue weighted by atomic mass is 19.1. The number of benzene rings is 2. The summed E-state index contributed by atoms with van der Waals surface area (Å²) in [6.07, 6.45) is 6.37. The van der Waals surface area contributed by atoms with Crippen LogP contribution in [0.25, 0.3) is 10.9 Å². The van der Waals surface area contributed by atoms with Gasteiger partial charge in [-0.05, 0) is 60.9 Å². The summed E-state index contributed by atoms with van der Waals surface area (Å²) in [7, 11) is 0. The highest BCUT2D eigenvalue weighted by Crippen LogP contribution is 2.28. The number of hydrogen-bond donors (Lipinski definition) is 1. The number of hydrogen-bond acceptors (Lipinski definition) is 8. The third kappa shape index (κ3) is 6.63. The predicted molar refractivity (Wildman–Crippen MR) is 154 cm³/mol. The Bertz CT molecular complexity index is 1510. The molecule has 9 heteroatoms. The van der Waals surface area contributed by atoms with Crippen LogP contribution in [0, 0.1) is 30.5 Å². The molecule has 4 heterocycles. The van der Waals surface area contributed by atoms with Crippen LogP contribution in [0.4, 0.5) is 15.9 Å². The normalized spacial score (nSPS) is 22.5. The van der Waals surface area contributed by atoms with E-state index in [2.05, 4.69) is 32.0 Å². The number of rotatable bonds is 7. The first-order valence-electron chi connectivity index (χ1n) is 14.1. The Hall–Kier alpha value is -3.68. The molecule has 3 aromatic rings. The summed E-state index contributed by atoms with van der Waals surface area (Å²) in [5.74, 6) is 7.09. The standard InChI is InChI=1S/C32H33FN4O4/c1-21-13-25(6-7-28(21)33)36-32-27-15-24(23(16-29(27)34-20-35-32)5-4-22-8-10-39-19-22)14-26(38)3-2-9-37-17-30-31(18-37)41-12-11-40-30/h2-3,6-7,13,15-16,20,22,30-31H,8-12,14,17-19H2,1H3,(H,34,35,36)/b3-2+/t22?,30-,31+. The van der Waals surface area contributed by atoms with Crippen molar-refractivity contribution in [2.45, 2.75) is 32.0 Å². The number of ether oxygens (including phenoxy) is 3. The van der Waals surface area contributed by atoms with Crippen molar-refractivity contribution < 1.29 is 23.4 Å². The van der Waals surface area contributed by atoms with Crippen molar-refractivity contribution in [1.82, 2.24) is 14.9 Å². The molecule has 3 aliphatic heterocycles. The van der Waals surface area contributed by atoms with Gasteiger partial charge < -0.3 is 19.5 Å². The van der Waals surface area contributed by atoms with Crippen LogP contribution in [0.1, 0.15) is 23.1 Å². The molecule has 3 atom stereocenters. The molecule has 3 saturated heterocycles. The van der Waals surface area contributed by atoms with Gasteiger partial charge in [0, 0.05) is 55.2 Å². The summed E-state index contributed by atoms with van der Waals surface area (Å²) in [5.41, 5.74) is 3.53. The van der Waals surface area contributed by atoms with Crippen molar-refractivity contribution >= 4 is 28.2 Å². The average molecular weight is 557 g/mol. The minimum absolute atomic E-state index is 0.0127.